The van der Waals surface area contributed by atoms with Gasteiger partial charge in [-0.1, -0.05) is 29.8 Å². The van der Waals surface area contributed by atoms with Crippen molar-refractivity contribution >= 4 is 33.6 Å². The highest BCUT2D eigenvalue weighted by molar-refractivity contribution is 9.10. The summed E-state index contributed by atoms with van der Waals surface area (Å²) in [5.41, 5.74) is 5.37. The van der Waals surface area contributed by atoms with E-state index < -0.39 is 4.92 Å². The maximum absolute atomic E-state index is 11.0. The van der Waals surface area contributed by atoms with Crippen molar-refractivity contribution < 1.29 is 14.4 Å². The number of nitrogens with zero attached hydrogens (tertiary/aromatic N) is 3. The number of nitrogens with one attached hydrogen (secondary N) is 1. The van der Waals surface area contributed by atoms with Gasteiger partial charge in [0, 0.05) is 22.3 Å². The SMILES string of the molecule is COc1cc(/C=N\Nc2ncccc2[N+](=O)[O-])c(Br)cc1OCc1ccc(C)cc1. The second kappa shape index (κ2) is 9.84. The summed E-state index contributed by atoms with van der Waals surface area (Å²) >= 11 is 3.49. The second-order valence-corrected chi connectivity index (χ2v) is 7.15. The summed E-state index contributed by atoms with van der Waals surface area (Å²) in [5.74, 6) is 1.17. The molecule has 0 unspecified atom stereocenters. The number of hydrazone groups is 1. The van der Waals surface area contributed by atoms with Gasteiger partial charge in [-0.2, -0.15) is 5.10 Å². The molecule has 0 fully saturated rings. The minimum Gasteiger partial charge on any atom is -0.493 e. The first-order chi connectivity index (χ1) is 14.5. The first kappa shape index (κ1) is 21.3. The van der Waals surface area contributed by atoms with E-state index in [0.29, 0.717) is 23.7 Å². The van der Waals surface area contributed by atoms with E-state index in [4.69, 9.17) is 9.47 Å². The fourth-order valence-electron chi connectivity index (χ4n) is 2.56. The Morgan fingerprint density at radius 2 is 2.00 bits per heavy atom. The van der Waals surface area contributed by atoms with Gasteiger partial charge in [0.2, 0.25) is 5.82 Å². The first-order valence-corrected chi connectivity index (χ1v) is 9.71. The summed E-state index contributed by atoms with van der Waals surface area (Å²) < 4.78 is 12.1. The van der Waals surface area contributed by atoms with Crippen LogP contribution in [0.4, 0.5) is 11.5 Å². The third-order valence-corrected chi connectivity index (χ3v) is 4.84. The normalized spacial score (nSPS) is 10.8. The standard InChI is InChI=1S/C21H19BrN4O4/c1-14-5-7-15(8-6-14)13-30-20-11-17(22)16(10-19(20)29-2)12-24-25-21-18(26(27)28)4-3-9-23-21/h3-12H,13H2,1-2H3,(H,23,25)/b24-12-. The van der Waals surface area contributed by atoms with Crippen LogP contribution in [0, 0.1) is 17.0 Å². The maximum atomic E-state index is 11.0. The molecule has 3 aromatic rings. The molecule has 0 aliphatic rings. The average molecular weight is 471 g/mol. The molecule has 0 spiro atoms. The molecule has 0 saturated carbocycles. The Morgan fingerprint density at radius 3 is 2.70 bits per heavy atom. The molecule has 8 nitrogen and oxygen atoms in total. The lowest BCUT2D eigenvalue weighted by Crippen LogP contribution is -2.01. The van der Waals surface area contributed by atoms with Crippen LogP contribution >= 0.6 is 15.9 Å². The molecule has 0 atom stereocenters. The first-order valence-electron chi connectivity index (χ1n) is 8.92. The second-order valence-electron chi connectivity index (χ2n) is 6.30. The number of hydrogen-bond donors (Lipinski definition) is 1. The lowest BCUT2D eigenvalue weighted by atomic mass is 10.2. The summed E-state index contributed by atoms with van der Waals surface area (Å²) in [6.45, 7) is 2.44. The molecule has 3 rings (SSSR count). The van der Waals surface area contributed by atoms with Crippen molar-refractivity contribution in [2.75, 3.05) is 12.5 Å². The van der Waals surface area contributed by atoms with Crippen LogP contribution in [-0.4, -0.2) is 23.2 Å². The van der Waals surface area contributed by atoms with Crippen molar-refractivity contribution in [3.8, 4) is 11.5 Å². The molecule has 0 aliphatic carbocycles. The predicted molar refractivity (Wildman–Crippen MR) is 118 cm³/mol. The van der Waals surface area contributed by atoms with Crippen LogP contribution in [0.3, 0.4) is 0 Å². The van der Waals surface area contributed by atoms with Crippen LogP contribution in [0.5, 0.6) is 11.5 Å². The number of benzene rings is 2. The lowest BCUT2D eigenvalue weighted by molar-refractivity contribution is -0.384. The number of hydrogen-bond acceptors (Lipinski definition) is 7. The molecule has 154 valence electrons. The molecule has 1 heterocycles. The van der Waals surface area contributed by atoms with E-state index in [1.165, 1.54) is 30.1 Å². The number of nitro groups is 1. The number of anilines is 1. The zero-order valence-electron chi connectivity index (χ0n) is 16.3. The van der Waals surface area contributed by atoms with Crippen LogP contribution < -0.4 is 14.9 Å². The van der Waals surface area contributed by atoms with Gasteiger partial charge >= 0.3 is 5.69 Å². The quantitative estimate of drug-likeness (QED) is 0.279. The Kier molecular flexibility index (Phi) is 6.97. The molecule has 0 radical (unpaired) electrons. The van der Waals surface area contributed by atoms with E-state index in [1.807, 2.05) is 31.2 Å². The summed E-state index contributed by atoms with van der Waals surface area (Å²) in [4.78, 5) is 14.5. The number of rotatable bonds is 8. The van der Waals surface area contributed by atoms with Gasteiger partial charge in [-0.25, -0.2) is 4.98 Å². The van der Waals surface area contributed by atoms with Crippen molar-refractivity contribution in [1.82, 2.24) is 4.98 Å². The minimum absolute atomic E-state index is 0.0555. The molecular weight excluding hydrogens is 452 g/mol. The van der Waals surface area contributed by atoms with E-state index in [9.17, 15) is 10.1 Å². The highest BCUT2D eigenvalue weighted by Crippen LogP contribution is 2.33. The zero-order chi connectivity index (χ0) is 21.5. The number of methoxy groups -OCH3 is 1. The Labute approximate surface area is 181 Å². The van der Waals surface area contributed by atoms with Crippen LogP contribution in [0.15, 0.2) is 64.3 Å². The largest absolute Gasteiger partial charge is 0.493 e. The lowest BCUT2D eigenvalue weighted by Gasteiger charge is -2.13. The number of ether oxygens (including phenoxy) is 2. The monoisotopic (exact) mass is 470 g/mol. The molecule has 0 bridgehead atoms. The summed E-state index contributed by atoms with van der Waals surface area (Å²) in [5, 5.41) is 15.1. The molecule has 1 N–H and O–H groups in total. The van der Waals surface area contributed by atoms with Crippen molar-refractivity contribution in [2.24, 2.45) is 5.10 Å². The van der Waals surface area contributed by atoms with Gasteiger partial charge in [0.05, 0.1) is 18.2 Å². The highest BCUT2D eigenvalue weighted by atomic mass is 79.9. The zero-order valence-corrected chi connectivity index (χ0v) is 17.9. The summed E-state index contributed by atoms with van der Waals surface area (Å²) in [7, 11) is 1.55. The Balaban J connectivity index is 1.74. The topological polar surface area (TPSA) is 98.9 Å². The average Bonchev–Trinajstić information content (AvgIpc) is 2.74. The fraction of sp³-hybridized carbons (Fsp3) is 0.143. The number of halogens is 1. The van der Waals surface area contributed by atoms with Gasteiger partial charge in [-0.05, 0) is 46.6 Å². The van der Waals surface area contributed by atoms with E-state index in [1.54, 1.807) is 19.2 Å². The fourth-order valence-corrected chi connectivity index (χ4v) is 2.99. The molecule has 30 heavy (non-hydrogen) atoms. The van der Waals surface area contributed by atoms with Gasteiger partial charge in [0.25, 0.3) is 0 Å². The third kappa shape index (κ3) is 5.32. The number of aromatic nitrogens is 1. The van der Waals surface area contributed by atoms with Crippen LogP contribution in [0.25, 0.3) is 0 Å². The molecule has 1 aromatic heterocycles. The van der Waals surface area contributed by atoms with Gasteiger partial charge in [-0.15, -0.1) is 0 Å². The number of pyridine rings is 1. The Hall–Kier alpha value is -3.46. The Bertz CT molecular complexity index is 1070. The van der Waals surface area contributed by atoms with Gasteiger partial charge in [0.15, 0.2) is 11.5 Å². The van der Waals surface area contributed by atoms with Crippen molar-refractivity contribution in [3.63, 3.8) is 0 Å². The summed E-state index contributed by atoms with van der Waals surface area (Å²) in [6.07, 6.45) is 2.96. The Morgan fingerprint density at radius 1 is 1.23 bits per heavy atom. The highest BCUT2D eigenvalue weighted by Gasteiger charge is 2.13. The van der Waals surface area contributed by atoms with Crippen molar-refractivity contribution in [3.05, 3.63) is 86.0 Å². The van der Waals surface area contributed by atoms with Crippen molar-refractivity contribution in [1.29, 1.82) is 0 Å². The maximum Gasteiger partial charge on any atom is 0.313 e. The van der Waals surface area contributed by atoms with Gasteiger partial charge in [0.1, 0.15) is 6.61 Å². The molecule has 0 saturated heterocycles. The van der Waals surface area contributed by atoms with E-state index in [-0.39, 0.29) is 11.5 Å². The van der Waals surface area contributed by atoms with E-state index >= 15 is 0 Å². The van der Waals surface area contributed by atoms with Crippen LogP contribution in [-0.2, 0) is 6.61 Å². The van der Waals surface area contributed by atoms with Gasteiger partial charge < -0.3 is 9.47 Å². The smallest absolute Gasteiger partial charge is 0.313 e. The minimum atomic E-state index is -0.524. The molecule has 0 amide bonds. The molecule has 0 aliphatic heterocycles. The van der Waals surface area contributed by atoms with E-state index in [0.717, 1.165) is 10.0 Å². The number of aryl methyl sites for hydroxylation is 1. The van der Waals surface area contributed by atoms with E-state index in [2.05, 4.69) is 31.4 Å². The van der Waals surface area contributed by atoms with Gasteiger partial charge in [-0.3, -0.25) is 15.5 Å². The molecule has 2 aromatic carbocycles. The van der Waals surface area contributed by atoms with Crippen molar-refractivity contribution in [2.45, 2.75) is 13.5 Å². The van der Waals surface area contributed by atoms with Crippen LogP contribution in [0.2, 0.25) is 0 Å². The third-order valence-electron chi connectivity index (χ3n) is 4.16. The molecular formula is C21H19BrN4O4. The predicted octanol–water partition coefficient (Wildman–Crippen LogP) is 5.09. The summed E-state index contributed by atoms with van der Waals surface area (Å²) in [6, 6.07) is 14.5. The van der Waals surface area contributed by atoms with Crippen LogP contribution in [0.1, 0.15) is 16.7 Å². The molecule has 9 heteroatoms.